The molecule has 2 fully saturated rings. The van der Waals surface area contributed by atoms with E-state index in [-0.39, 0.29) is 17.9 Å². The first-order chi connectivity index (χ1) is 14.0. The van der Waals surface area contributed by atoms with Gasteiger partial charge in [0.1, 0.15) is 0 Å². The summed E-state index contributed by atoms with van der Waals surface area (Å²) in [6.07, 6.45) is 4.45. The number of carbonyl (C=O) groups excluding carboxylic acids is 2. The van der Waals surface area contributed by atoms with Gasteiger partial charge in [0.2, 0.25) is 11.8 Å². The highest BCUT2D eigenvalue weighted by atomic mass is 32.1. The minimum atomic E-state index is 0.105. The predicted molar refractivity (Wildman–Crippen MR) is 116 cm³/mol. The van der Waals surface area contributed by atoms with Crippen molar-refractivity contribution in [2.24, 2.45) is 11.8 Å². The van der Waals surface area contributed by atoms with E-state index in [1.165, 1.54) is 4.70 Å². The molecule has 1 saturated carbocycles. The third kappa shape index (κ3) is 4.78. The largest absolute Gasteiger partial charge is 0.353 e. The van der Waals surface area contributed by atoms with Gasteiger partial charge in [-0.1, -0.05) is 18.6 Å². The summed E-state index contributed by atoms with van der Waals surface area (Å²) in [5, 5.41) is 4.30. The molecule has 0 radical (unpaired) electrons. The van der Waals surface area contributed by atoms with E-state index in [1.54, 1.807) is 11.3 Å². The van der Waals surface area contributed by atoms with Gasteiger partial charge in [0.15, 0.2) is 0 Å². The van der Waals surface area contributed by atoms with Gasteiger partial charge in [-0.2, -0.15) is 0 Å². The van der Waals surface area contributed by atoms with E-state index in [0.717, 1.165) is 42.9 Å². The van der Waals surface area contributed by atoms with Crippen LogP contribution >= 0.6 is 11.3 Å². The maximum Gasteiger partial charge on any atom is 0.236 e. The Bertz CT molecular complexity index is 848. The number of rotatable bonds is 6. The Labute approximate surface area is 176 Å². The van der Waals surface area contributed by atoms with E-state index >= 15 is 0 Å². The summed E-state index contributed by atoms with van der Waals surface area (Å²) < 4.78 is 1.17. The highest BCUT2D eigenvalue weighted by molar-refractivity contribution is 7.18. The molecular weight excluding hydrogens is 384 g/mol. The van der Waals surface area contributed by atoms with Crippen molar-refractivity contribution in [2.45, 2.75) is 38.1 Å². The Morgan fingerprint density at radius 2 is 2.07 bits per heavy atom. The number of hydrogen-bond acceptors (Lipinski definition) is 5. The number of fused-ring (bicyclic) bond motifs is 2. The maximum atomic E-state index is 12.6. The Morgan fingerprint density at radius 1 is 1.24 bits per heavy atom. The minimum absolute atomic E-state index is 0.105. The normalized spacial score (nSPS) is 24.1. The summed E-state index contributed by atoms with van der Waals surface area (Å²) in [6, 6.07) is 8.29. The summed E-state index contributed by atoms with van der Waals surface area (Å²) >= 11 is 1.67. The highest BCUT2D eigenvalue weighted by Crippen LogP contribution is 2.36. The molecule has 2 aliphatic rings. The number of nitrogens with zero attached hydrogens (tertiary/aromatic N) is 3. The Hall–Kier alpha value is -1.99. The Kier molecular flexibility index (Phi) is 6.15. The lowest BCUT2D eigenvalue weighted by molar-refractivity contribution is -0.131. The third-order valence-corrected chi connectivity index (χ3v) is 7.25. The molecule has 2 amide bonds. The van der Waals surface area contributed by atoms with E-state index in [1.807, 2.05) is 42.1 Å². The molecule has 4 rings (SSSR count). The molecule has 1 saturated heterocycles. The number of nitrogens with one attached hydrogen (secondary N) is 1. The molecule has 29 heavy (non-hydrogen) atoms. The van der Waals surface area contributed by atoms with Gasteiger partial charge in [-0.15, -0.1) is 11.3 Å². The zero-order chi connectivity index (χ0) is 20.4. The molecule has 0 spiro atoms. The number of para-hydroxylation sites is 1. The number of thiazole rings is 1. The molecule has 1 aliphatic carbocycles. The van der Waals surface area contributed by atoms with Crippen LogP contribution in [0.4, 0.5) is 0 Å². The topological polar surface area (TPSA) is 65.5 Å². The molecule has 0 bridgehead atoms. The van der Waals surface area contributed by atoms with E-state index in [9.17, 15) is 9.59 Å². The average Bonchev–Trinajstić information content (AvgIpc) is 3.30. The second-order valence-electron chi connectivity index (χ2n) is 8.64. The fourth-order valence-electron chi connectivity index (χ4n) is 4.75. The van der Waals surface area contributed by atoms with Crippen molar-refractivity contribution >= 4 is 33.4 Å². The van der Waals surface area contributed by atoms with E-state index in [0.29, 0.717) is 31.2 Å². The van der Waals surface area contributed by atoms with E-state index in [2.05, 4.69) is 16.4 Å². The third-order valence-electron chi connectivity index (χ3n) is 6.15. The summed E-state index contributed by atoms with van der Waals surface area (Å²) in [4.78, 5) is 33.6. The number of hydrogen-bond donors (Lipinski definition) is 1. The molecule has 156 valence electrons. The Balaban J connectivity index is 1.31. The minimum Gasteiger partial charge on any atom is -0.353 e. The van der Waals surface area contributed by atoms with Gasteiger partial charge in [-0.05, 0) is 45.0 Å². The van der Waals surface area contributed by atoms with Crippen LogP contribution in [-0.4, -0.2) is 66.4 Å². The van der Waals surface area contributed by atoms with Gasteiger partial charge in [-0.3, -0.25) is 9.59 Å². The Morgan fingerprint density at radius 3 is 2.86 bits per heavy atom. The van der Waals surface area contributed by atoms with Gasteiger partial charge < -0.3 is 15.1 Å². The second-order valence-corrected chi connectivity index (χ2v) is 9.76. The number of aromatic nitrogens is 1. The molecule has 7 heteroatoms. The predicted octanol–water partition coefficient (Wildman–Crippen LogP) is 2.53. The van der Waals surface area contributed by atoms with Crippen LogP contribution in [0.25, 0.3) is 10.2 Å². The second kappa shape index (κ2) is 8.79. The molecular formula is C22H30N4O2S. The fourth-order valence-corrected chi connectivity index (χ4v) is 5.72. The smallest absolute Gasteiger partial charge is 0.236 e. The van der Waals surface area contributed by atoms with Crippen molar-refractivity contribution in [1.29, 1.82) is 0 Å². The van der Waals surface area contributed by atoms with Gasteiger partial charge in [0, 0.05) is 37.9 Å². The quantitative estimate of drug-likeness (QED) is 0.789. The molecule has 0 unspecified atom stereocenters. The molecule has 2 heterocycles. The SMILES string of the molecule is CN(C)CC(=O)N1C[C@@H]2CCC[C@H](NC(=O)CCc3nc4ccccc4s3)[C@@H]2C1. The molecule has 1 aliphatic heterocycles. The lowest BCUT2D eigenvalue weighted by Crippen LogP contribution is -2.45. The summed E-state index contributed by atoms with van der Waals surface area (Å²) in [5.41, 5.74) is 1.01. The molecule has 1 aromatic heterocycles. The van der Waals surface area contributed by atoms with Crippen LogP contribution in [0, 0.1) is 11.8 Å². The molecule has 2 aromatic rings. The van der Waals surface area contributed by atoms with Gasteiger partial charge in [0.05, 0.1) is 21.8 Å². The standard InChI is InChI=1S/C22H30N4O2S/c1-25(2)14-22(28)26-12-15-6-5-8-17(16(15)13-26)23-20(27)10-11-21-24-18-7-3-4-9-19(18)29-21/h3-4,7,9,15-17H,5-6,8,10-14H2,1-2H3,(H,23,27)/t15-,16+,17-/m0/s1. The van der Waals surface area contributed by atoms with Crippen molar-refractivity contribution in [1.82, 2.24) is 20.1 Å². The number of amides is 2. The van der Waals surface area contributed by atoms with Crippen LogP contribution in [0.3, 0.4) is 0 Å². The zero-order valence-electron chi connectivity index (χ0n) is 17.3. The molecule has 3 atom stereocenters. The first-order valence-electron chi connectivity index (χ1n) is 10.6. The van der Waals surface area contributed by atoms with Crippen molar-refractivity contribution in [3.8, 4) is 0 Å². The first kappa shape index (κ1) is 20.3. The van der Waals surface area contributed by atoms with Crippen LogP contribution < -0.4 is 5.32 Å². The number of likely N-dealkylation sites (tertiary alicyclic amines) is 1. The number of benzene rings is 1. The van der Waals surface area contributed by atoms with Crippen LogP contribution in [0.5, 0.6) is 0 Å². The lowest BCUT2D eigenvalue weighted by atomic mass is 9.78. The first-order valence-corrected chi connectivity index (χ1v) is 11.4. The van der Waals surface area contributed by atoms with Crippen LogP contribution in [-0.2, 0) is 16.0 Å². The van der Waals surface area contributed by atoms with Crippen LogP contribution in [0.2, 0.25) is 0 Å². The van der Waals surface area contributed by atoms with Gasteiger partial charge in [-0.25, -0.2) is 4.98 Å². The zero-order valence-corrected chi connectivity index (χ0v) is 18.1. The van der Waals surface area contributed by atoms with Crippen LogP contribution in [0.1, 0.15) is 30.7 Å². The van der Waals surface area contributed by atoms with E-state index in [4.69, 9.17) is 0 Å². The maximum absolute atomic E-state index is 12.6. The molecule has 1 aromatic carbocycles. The number of likely N-dealkylation sites (N-methyl/N-ethyl adjacent to an activating group) is 1. The summed E-state index contributed by atoms with van der Waals surface area (Å²) in [6.45, 7) is 2.08. The number of carbonyl (C=O) groups is 2. The lowest BCUT2D eigenvalue weighted by Gasteiger charge is -2.33. The van der Waals surface area contributed by atoms with Gasteiger partial charge in [0.25, 0.3) is 0 Å². The number of aryl methyl sites for hydroxylation is 1. The molecule has 1 N–H and O–H groups in total. The van der Waals surface area contributed by atoms with Crippen LogP contribution in [0.15, 0.2) is 24.3 Å². The van der Waals surface area contributed by atoms with E-state index < -0.39 is 0 Å². The fraction of sp³-hybridized carbons (Fsp3) is 0.591. The highest BCUT2D eigenvalue weighted by Gasteiger charge is 2.42. The van der Waals surface area contributed by atoms with Crippen molar-refractivity contribution < 1.29 is 9.59 Å². The van der Waals surface area contributed by atoms with Gasteiger partial charge >= 0.3 is 0 Å². The molecule has 6 nitrogen and oxygen atoms in total. The van der Waals surface area contributed by atoms with Crippen molar-refractivity contribution in [3.05, 3.63) is 29.3 Å². The monoisotopic (exact) mass is 414 g/mol. The summed E-state index contributed by atoms with van der Waals surface area (Å²) in [7, 11) is 3.85. The van der Waals surface area contributed by atoms with Crippen molar-refractivity contribution in [3.63, 3.8) is 0 Å². The average molecular weight is 415 g/mol. The summed E-state index contributed by atoms with van der Waals surface area (Å²) in [5.74, 6) is 1.21. The van der Waals surface area contributed by atoms with Crippen molar-refractivity contribution in [2.75, 3.05) is 33.7 Å².